The van der Waals surface area contributed by atoms with Crippen molar-refractivity contribution < 1.29 is 13.5 Å². The molecule has 4 aromatic rings. The molecule has 2 aromatic heterocycles. The molecular formula is C22H23F2N7O. The van der Waals surface area contributed by atoms with Gasteiger partial charge >= 0.3 is 0 Å². The predicted molar refractivity (Wildman–Crippen MR) is 114 cm³/mol. The van der Waals surface area contributed by atoms with Crippen molar-refractivity contribution in [2.24, 2.45) is 0 Å². The van der Waals surface area contributed by atoms with Crippen LogP contribution >= 0.6 is 0 Å². The monoisotopic (exact) mass is 439 g/mol. The Labute approximate surface area is 183 Å². The van der Waals surface area contributed by atoms with Gasteiger partial charge in [0.25, 0.3) is 0 Å². The summed E-state index contributed by atoms with van der Waals surface area (Å²) in [6.45, 7) is 2.70. The van der Waals surface area contributed by atoms with Crippen LogP contribution in [0.4, 0.5) is 8.78 Å². The highest BCUT2D eigenvalue weighted by atomic mass is 19.1. The summed E-state index contributed by atoms with van der Waals surface area (Å²) in [5, 5.41) is 14.7. The molecule has 0 spiro atoms. The van der Waals surface area contributed by atoms with Crippen LogP contribution in [-0.4, -0.2) is 43.1 Å². The van der Waals surface area contributed by atoms with Crippen molar-refractivity contribution in [3.05, 3.63) is 78.1 Å². The van der Waals surface area contributed by atoms with Gasteiger partial charge in [0.2, 0.25) is 0 Å². The number of benzene rings is 2. The second kappa shape index (κ2) is 9.65. The number of halogens is 2. The zero-order chi connectivity index (χ0) is 22.5. The maximum Gasteiger partial charge on any atom is 0.181 e. The molecule has 10 heteroatoms. The second-order valence-electron chi connectivity index (χ2n) is 7.40. The Hall–Kier alpha value is -3.66. The number of rotatable bonds is 9. The van der Waals surface area contributed by atoms with Gasteiger partial charge in [0.1, 0.15) is 35.9 Å². The lowest BCUT2D eigenvalue weighted by Crippen LogP contribution is -2.35. The Balaban J connectivity index is 1.48. The van der Waals surface area contributed by atoms with E-state index in [9.17, 15) is 8.78 Å². The molecule has 0 aliphatic rings. The lowest BCUT2D eigenvalue weighted by Gasteiger charge is -2.25. The van der Waals surface area contributed by atoms with E-state index in [1.165, 1.54) is 18.5 Å². The molecule has 0 saturated carbocycles. The minimum absolute atomic E-state index is 0.190. The summed E-state index contributed by atoms with van der Waals surface area (Å²) in [7, 11) is 1.60. The van der Waals surface area contributed by atoms with Gasteiger partial charge in [-0.15, -0.1) is 0 Å². The minimum atomic E-state index is -0.613. The zero-order valence-corrected chi connectivity index (χ0v) is 17.7. The molecule has 0 aliphatic carbocycles. The molecule has 0 fully saturated rings. The van der Waals surface area contributed by atoms with Crippen molar-refractivity contribution in [2.45, 2.75) is 32.0 Å². The highest BCUT2D eigenvalue weighted by Gasteiger charge is 2.24. The molecule has 2 heterocycles. The molecule has 0 radical (unpaired) electrons. The quantitative estimate of drug-likeness (QED) is 0.416. The molecule has 8 nitrogen and oxygen atoms in total. The maximum absolute atomic E-state index is 14.6. The third-order valence-electron chi connectivity index (χ3n) is 5.27. The van der Waals surface area contributed by atoms with Crippen molar-refractivity contribution in [1.29, 1.82) is 0 Å². The van der Waals surface area contributed by atoms with Gasteiger partial charge in [0.15, 0.2) is 5.82 Å². The minimum Gasteiger partial charge on any atom is -0.497 e. The van der Waals surface area contributed by atoms with Gasteiger partial charge in [0.05, 0.1) is 20.2 Å². The molecule has 166 valence electrons. The zero-order valence-electron chi connectivity index (χ0n) is 17.7. The highest BCUT2D eigenvalue weighted by Crippen LogP contribution is 2.26. The summed E-state index contributed by atoms with van der Waals surface area (Å²) in [4.78, 5) is 8.48. The van der Waals surface area contributed by atoms with Gasteiger partial charge in [0, 0.05) is 23.6 Å². The van der Waals surface area contributed by atoms with Crippen LogP contribution in [0.2, 0.25) is 0 Å². The van der Waals surface area contributed by atoms with Crippen molar-refractivity contribution >= 4 is 0 Å². The van der Waals surface area contributed by atoms with Crippen molar-refractivity contribution in [3.63, 3.8) is 0 Å². The van der Waals surface area contributed by atoms with E-state index in [4.69, 9.17) is 4.74 Å². The normalized spacial score (nSPS) is 13.1. The highest BCUT2D eigenvalue weighted by molar-refractivity contribution is 5.57. The number of aromatic nitrogens is 6. The SMILES string of the molecule is COc1cccc(-c2n[nH]c(CNC(C)C(Cn3cncn3)c3ccc(F)cc3F)n2)c1. The average molecular weight is 439 g/mol. The number of hydrogen-bond acceptors (Lipinski definition) is 6. The first-order valence-corrected chi connectivity index (χ1v) is 10.1. The molecule has 0 aliphatic heterocycles. The van der Waals surface area contributed by atoms with E-state index >= 15 is 0 Å². The Bertz CT molecular complexity index is 1160. The first-order valence-electron chi connectivity index (χ1n) is 10.1. The van der Waals surface area contributed by atoms with Crippen LogP contribution in [0.25, 0.3) is 11.4 Å². The maximum atomic E-state index is 14.6. The number of nitrogens with zero attached hydrogens (tertiary/aromatic N) is 5. The fourth-order valence-corrected chi connectivity index (χ4v) is 3.52. The Kier molecular flexibility index (Phi) is 6.50. The molecule has 0 amide bonds. The van der Waals surface area contributed by atoms with Gasteiger partial charge in [-0.2, -0.15) is 10.2 Å². The smallest absolute Gasteiger partial charge is 0.181 e. The predicted octanol–water partition coefficient (Wildman–Crippen LogP) is 3.31. The Morgan fingerprint density at radius 3 is 2.81 bits per heavy atom. The molecule has 32 heavy (non-hydrogen) atoms. The molecule has 2 aromatic carbocycles. The van der Waals surface area contributed by atoms with Crippen LogP contribution in [0.5, 0.6) is 5.75 Å². The second-order valence-corrected chi connectivity index (χ2v) is 7.40. The molecule has 2 atom stereocenters. The van der Waals surface area contributed by atoms with Gasteiger partial charge in [-0.25, -0.2) is 18.7 Å². The van der Waals surface area contributed by atoms with E-state index in [1.807, 2.05) is 31.2 Å². The molecular weight excluding hydrogens is 416 g/mol. The first kappa shape index (κ1) is 21.6. The average Bonchev–Trinajstić information content (AvgIpc) is 3.48. The number of nitrogens with one attached hydrogen (secondary N) is 2. The van der Waals surface area contributed by atoms with E-state index in [1.54, 1.807) is 18.1 Å². The summed E-state index contributed by atoms with van der Waals surface area (Å²) in [6, 6.07) is 10.9. The summed E-state index contributed by atoms with van der Waals surface area (Å²) >= 11 is 0. The van der Waals surface area contributed by atoms with E-state index in [2.05, 4.69) is 30.6 Å². The van der Waals surface area contributed by atoms with Gasteiger partial charge in [-0.3, -0.25) is 9.78 Å². The molecule has 0 bridgehead atoms. The Morgan fingerprint density at radius 1 is 1.19 bits per heavy atom. The van der Waals surface area contributed by atoms with Crippen molar-refractivity contribution in [1.82, 2.24) is 35.3 Å². The summed E-state index contributed by atoms with van der Waals surface area (Å²) in [6.07, 6.45) is 2.99. The van der Waals surface area contributed by atoms with Gasteiger partial charge in [-0.1, -0.05) is 18.2 Å². The first-order chi connectivity index (χ1) is 15.5. The van der Waals surface area contributed by atoms with E-state index in [-0.39, 0.29) is 12.0 Å². The van der Waals surface area contributed by atoms with Crippen LogP contribution < -0.4 is 10.1 Å². The number of ether oxygens (including phenoxy) is 1. The molecule has 4 rings (SSSR count). The molecule has 2 unspecified atom stereocenters. The van der Waals surface area contributed by atoms with E-state index in [0.717, 1.165) is 17.4 Å². The lowest BCUT2D eigenvalue weighted by atomic mass is 9.91. The largest absolute Gasteiger partial charge is 0.497 e. The van der Waals surface area contributed by atoms with Crippen molar-refractivity contribution in [2.75, 3.05) is 7.11 Å². The topological polar surface area (TPSA) is 93.5 Å². The van der Waals surface area contributed by atoms with E-state index < -0.39 is 11.6 Å². The van der Waals surface area contributed by atoms with Crippen LogP contribution in [-0.2, 0) is 13.1 Å². The lowest BCUT2D eigenvalue weighted by molar-refractivity contribution is 0.384. The summed E-state index contributed by atoms with van der Waals surface area (Å²) < 4.78 is 34.9. The van der Waals surface area contributed by atoms with Crippen LogP contribution in [0.15, 0.2) is 55.1 Å². The number of methoxy groups -OCH3 is 1. The number of hydrogen-bond donors (Lipinski definition) is 2. The van der Waals surface area contributed by atoms with Crippen LogP contribution in [0, 0.1) is 11.6 Å². The Morgan fingerprint density at radius 2 is 2.06 bits per heavy atom. The third-order valence-corrected chi connectivity index (χ3v) is 5.27. The molecule has 2 N–H and O–H groups in total. The van der Waals surface area contributed by atoms with E-state index in [0.29, 0.717) is 30.3 Å². The van der Waals surface area contributed by atoms with Gasteiger partial charge < -0.3 is 10.1 Å². The fourth-order valence-electron chi connectivity index (χ4n) is 3.52. The van der Waals surface area contributed by atoms with Crippen LogP contribution in [0.3, 0.4) is 0 Å². The fraction of sp³-hybridized carbons (Fsp3) is 0.273. The molecule has 0 saturated heterocycles. The van der Waals surface area contributed by atoms with Crippen LogP contribution in [0.1, 0.15) is 24.2 Å². The van der Waals surface area contributed by atoms with Crippen molar-refractivity contribution in [3.8, 4) is 17.1 Å². The van der Waals surface area contributed by atoms with Gasteiger partial charge in [-0.05, 0) is 30.7 Å². The number of H-pyrrole nitrogens is 1. The summed E-state index contributed by atoms with van der Waals surface area (Å²) in [5.41, 5.74) is 1.23. The summed E-state index contributed by atoms with van der Waals surface area (Å²) in [5.74, 6) is 0.378. The third kappa shape index (κ3) is 4.97. The number of aromatic amines is 1. The standard InChI is InChI=1S/C22H23F2N7O/c1-14(19(11-31-13-25-12-27-31)18-7-6-16(23)9-20(18)24)26-10-21-28-22(30-29-21)15-4-3-5-17(8-15)32-2/h3-9,12-14,19,26H,10-11H2,1-2H3,(H,28,29,30).